The second-order valence-corrected chi connectivity index (χ2v) is 6.87. The van der Waals surface area contributed by atoms with Gasteiger partial charge in [-0.1, -0.05) is 0 Å². The molecule has 4 aromatic heterocycles. The molecule has 1 aromatic carbocycles. The molecule has 4 heterocycles. The first-order chi connectivity index (χ1) is 14.9. The van der Waals surface area contributed by atoms with Gasteiger partial charge in [0.15, 0.2) is 5.65 Å². The summed E-state index contributed by atoms with van der Waals surface area (Å²) in [5.41, 5.74) is -0.114. The van der Waals surface area contributed by atoms with Gasteiger partial charge in [-0.2, -0.15) is 0 Å². The maximum atomic E-state index is 14.0. The summed E-state index contributed by atoms with van der Waals surface area (Å²) in [4.78, 5) is 39.8. The van der Waals surface area contributed by atoms with E-state index in [1.807, 2.05) is 0 Å². The molecular formula is C21H12F3N5O2. The number of halogens is 3. The first-order valence-corrected chi connectivity index (χ1v) is 9.12. The third-order valence-electron chi connectivity index (χ3n) is 4.92. The predicted octanol–water partition coefficient (Wildman–Crippen LogP) is 3.30. The number of nitrogens with zero attached hydrogens (tertiary/aromatic N) is 3. The van der Waals surface area contributed by atoms with Crippen LogP contribution in [0.3, 0.4) is 0 Å². The van der Waals surface area contributed by atoms with Crippen molar-refractivity contribution in [3.8, 4) is 0 Å². The fourth-order valence-electron chi connectivity index (χ4n) is 3.50. The summed E-state index contributed by atoms with van der Waals surface area (Å²) >= 11 is 0. The second-order valence-electron chi connectivity index (χ2n) is 6.87. The van der Waals surface area contributed by atoms with Crippen molar-refractivity contribution in [2.75, 3.05) is 0 Å². The topological polar surface area (TPSA) is 96.4 Å². The Morgan fingerprint density at radius 1 is 1.13 bits per heavy atom. The molecule has 0 atom stereocenters. The van der Waals surface area contributed by atoms with Crippen molar-refractivity contribution in [1.82, 2.24) is 24.5 Å². The van der Waals surface area contributed by atoms with Crippen LogP contribution in [0.2, 0.25) is 0 Å². The van der Waals surface area contributed by atoms with E-state index in [9.17, 15) is 22.8 Å². The highest BCUT2D eigenvalue weighted by atomic mass is 19.1. The van der Waals surface area contributed by atoms with E-state index < -0.39 is 34.4 Å². The number of pyridine rings is 2. The van der Waals surface area contributed by atoms with Gasteiger partial charge in [0, 0.05) is 41.7 Å². The fourth-order valence-corrected chi connectivity index (χ4v) is 3.50. The van der Waals surface area contributed by atoms with Crippen LogP contribution >= 0.6 is 0 Å². The molecule has 0 unspecified atom stereocenters. The van der Waals surface area contributed by atoms with Crippen LogP contribution in [0, 0.1) is 17.5 Å². The molecule has 0 saturated heterocycles. The molecule has 0 spiro atoms. The number of nitrogens with one attached hydrogen (secondary N) is 2. The summed E-state index contributed by atoms with van der Waals surface area (Å²) in [7, 11) is 0. The van der Waals surface area contributed by atoms with Crippen LogP contribution in [0.4, 0.5) is 13.2 Å². The average Bonchev–Trinajstić information content (AvgIpc) is 3.33. The number of H-pyrrole nitrogens is 2. The Labute approximate surface area is 171 Å². The number of aromatic nitrogens is 5. The molecule has 154 valence electrons. The molecule has 0 aliphatic carbocycles. The van der Waals surface area contributed by atoms with Crippen molar-refractivity contribution in [2.24, 2.45) is 0 Å². The molecule has 0 radical (unpaired) electrons. The van der Waals surface area contributed by atoms with Gasteiger partial charge in [-0.3, -0.25) is 9.59 Å². The Hall–Kier alpha value is -4.21. The van der Waals surface area contributed by atoms with Crippen molar-refractivity contribution in [3.63, 3.8) is 0 Å². The van der Waals surface area contributed by atoms with Crippen LogP contribution in [0.15, 0.2) is 53.7 Å². The number of benzene rings is 1. The highest BCUT2D eigenvalue weighted by Gasteiger charge is 2.24. The Morgan fingerprint density at radius 3 is 2.65 bits per heavy atom. The number of rotatable bonds is 4. The summed E-state index contributed by atoms with van der Waals surface area (Å²) < 4.78 is 42.6. The van der Waals surface area contributed by atoms with Gasteiger partial charge < -0.3 is 14.5 Å². The minimum Gasteiger partial charge on any atom is -0.356 e. The zero-order valence-corrected chi connectivity index (χ0v) is 15.6. The summed E-state index contributed by atoms with van der Waals surface area (Å²) in [5, 5.41) is 0.195. The Balaban J connectivity index is 1.54. The van der Waals surface area contributed by atoms with Gasteiger partial charge in [0.05, 0.1) is 17.6 Å². The highest BCUT2D eigenvalue weighted by molar-refractivity contribution is 6.16. The SMILES string of the molecule is O=C(c1c(F)cc(F)cc1F)c1c[nH]c2c(=O)n(Cc3nc4ncccc4[nH]3)ccc12. The van der Waals surface area contributed by atoms with Crippen molar-refractivity contribution in [2.45, 2.75) is 6.54 Å². The number of carbonyl (C=O) groups excluding carboxylic acids is 1. The fraction of sp³-hybridized carbons (Fsp3) is 0.0476. The van der Waals surface area contributed by atoms with Crippen molar-refractivity contribution >= 4 is 27.9 Å². The minimum atomic E-state index is -1.32. The van der Waals surface area contributed by atoms with E-state index in [0.717, 1.165) is 5.52 Å². The Bertz CT molecular complexity index is 1490. The molecule has 10 heteroatoms. The van der Waals surface area contributed by atoms with Crippen molar-refractivity contribution < 1.29 is 18.0 Å². The van der Waals surface area contributed by atoms with Gasteiger partial charge in [-0.25, -0.2) is 23.1 Å². The van der Waals surface area contributed by atoms with Crippen LogP contribution in [-0.4, -0.2) is 30.3 Å². The first-order valence-electron chi connectivity index (χ1n) is 9.12. The first kappa shape index (κ1) is 18.8. The number of hydrogen-bond acceptors (Lipinski definition) is 4. The normalized spacial score (nSPS) is 11.5. The van der Waals surface area contributed by atoms with E-state index >= 15 is 0 Å². The van der Waals surface area contributed by atoms with E-state index in [-0.39, 0.29) is 23.0 Å². The summed E-state index contributed by atoms with van der Waals surface area (Å²) in [5.74, 6) is -4.25. The van der Waals surface area contributed by atoms with Crippen LogP contribution < -0.4 is 5.56 Å². The summed E-state index contributed by atoms with van der Waals surface area (Å²) in [6.07, 6.45) is 4.26. The quantitative estimate of drug-likeness (QED) is 0.434. The van der Waals surface area contributed by atoms with Crippen LogP contribution in [0.5, 0.6) is 0 Å². The predicted molar refractivity (Wildman–Crippen MR) is 105 cm³/mol. The minimum absolute atomic E-state index is 0.0861. The molecule has 0 amide bonds. The second kappa shape index (κ2) is 6.94. The molecule has 0 fully saturated rings. The lowest BCUT2D eigenvalue weighted by Gasteiger charge is -2.05. The Kier molecular flexibility index (Phi) is 4.21. The molecular weight excluding hydrogens is 411 g/mol. The molecule has 5 rings (SSSR count). The number of carbonyl (C=O) groups is 1. The van der Waals surface area contributed by atoms with Gasteiger partial charge in [-0.05, 0) is 18.2 Å². The number of ketones is 1. The molecule has 2 N–H and O–H groups in total. The maximum absolute atomic E-state index is 14.0. The van der Waals surface area contributed by atoms with Gasteiger partial charge in [0.25, 0.3) is 5.56 Å². The smallest absolute Gasteiger partial charge is 0.275 e. The monoisotopic (exact) mass is 423 g/mol. The molecule has 0 saturated carbocycles. The third-order valence-corrected chi connectivity index (χ3v) is 4.92. The molecule has 7 nitrogen and oxygen atoms in total. The van der Waals surface area contributed by atoms with E-state index in [2.05, 4.69) is 19.9 Å². The number of aromatic amines is 2. The van der Waals surface area contributed by atoms with Crippen LogP contribution in [0.25, 0.3) is 22.1 Å². The van der Waals surface area contributed by atoms with Crippen LogP contribution in [-0.2, 0) is 6.54 Å². The van der Waals surface area contributed by atoms with Gasteiger partial charge in [0.1, 0.15) is 28.8 Å². The van der Waals surface area contributed by atoms with E-state index in [1.165, 1.54) is 23.0 Å². The number of fused-ring (bicyclic) bond motifs is 2. The molecule has 0 aliphatic rings. The van der Waals surface area contributed by atoms with Gasteiger partial charge in [0.2, 0.25) is 5.78 Å². The Morgan fingerprint density at radius 2 is 1.90 bits per heavy atom. The molecule has 0 bridgehead atoms. The van der Waals surface area contributed by atoms with E-state index in [1.54, 1.807) is 18.3 Å². The maximum Gasteiger partial charge on any atom is 0.275 e. The van der Waals surface area contributed by atoms with Gasteiger partial charge >= 0.3 is 0 Å². The zero-order chi connectivity index (χ0) is 21.7. The van der Waals surface area contributed by atoms with Crippen molar-refractivity contribution in [3.05, 3.63) is 93.7 Å². The lowest BCUT2D eigenvalue weighted by Crippen LogP contribution is -2.20. The molecule has 0 aliphatic heterocycles. The average molecular weight is 423 g/mol. The third kappa shape index (κ3) is 3.08. The lowest BCUT2D eigenvalue weighted by atomic mass is 10.0. The largest absolute Gasteiger partial charge is 0.356 e. The standard InChI is InChI=1S/C21H12F3N5O2/c22-10-6-13(23)17(14(24)7-10)19(30)12-8-26-18-11(12)3-5-29(21(18)31)9-16-27-15-2-1-4-25-20(15)28-16/h1-8,26H,9H2,(H,25,27,28). The van der Waals surface area contributed by atoms with E-state index in [4.69, 9.17) is 0 Å². The summed E-state index contributed by atoms with van der Waals surface area (Å²) in [6, 6.07) is 5.91. The zero-order valence-electron chi connectivity index (χ0n) is 15.6. The number of imidazole rings is 1. The highest BCUT2D eigenvalue weighted by Crippen LogP contribution is 2.23. The molecule has 5 aromatic rings. The summed E-state index contributed by atoms with van der Waals surface area (Å²) in [6.45, 7) is 0.120. The lowest BCUT2D eigenvalue weighted by molar-refractivity contribution is 0.103. The van der Waals surface area contributed by atoms with Gasteiger partial charge in [-0.15, -0.1) is 0 Å². The number of hydrogen-bond donors (Lipinski definition) is 2. The molecule has 31 heavy (non-hydrogen) atoms. The van der Waals surface area contributed by atoms with E-state index in [0.29, 0.717) is 23.6 Å². The van der Waals surface area contributed by atoms with Crippen LogP contribution in [0.1, 0.15) is 21.7 Å². The van der Waals surface area contributed by atoms with Crippen molar-refractivity contribution in [1.29, 1.82) is 0 Å².